The molecule has 1 rings (SSSR count). The van der Waals surface area contributed by atoms with Gasteiger partial charge in [0, 0.05) is 18.1 Å². The molecule has 0 bridgehead atoms. The first kappa shape index (κ1) is 12.9. The molecule has 0 aromatic heterocycles. The minimum absolute atomic E-state index is 0.274. The van der Waals surface area contributed by atoms with Gasteiger partial charge < -0.3 is 0 Å². The van der Waals surface area contributed by atoms with Crippen molar-refractivity contribution in [2.24, 2.45) is 11.8 Å². The van der Waals surface area contributed by atoms with Crippen LogP contribution in [0.4, 0.5) is 0 Å². The van der Waals surface area contributed by atoms with Crippen molar-refractivity contribution in [1.29, 1.82) is 0 Å². The number of rotatable bonds is 7. The summed E-state index contributed by atoms with van der Waals surface area (Å²) in [6.45, 7) is 0. The van der Waals surface area contributed by atoms with Gasteiger partial charge >= 0.3 is 0 Å². The fraction of sp³-hybridized carbons (Fsp3) is 1.00. The van der Waals surface area contributed by atoms with Crippen molar-refractivity contribution >= 4 is 9.84 Å². The Balaban J connectivity index is 2.15. The summed E-state index contributed by atoms with van der Waals surface area (Å²) in [4.78, 5) is 0. The molecule has 15 heavy (non-hydrogen) atoms. The van der Waals surface area contributed by atoms with Crippen molar-refractivity contribution < 1.29 is 8.42 Å². The van der Waals surface area contributed by atoms with E-state index in [1.807, 2.05) is 0 Å². The fourth-order valence-corrected chi connectivity index (χ4v) is 2.68. The number of hydrogen-bond acceptors (Lipinski definition) is 4. The molecule has 0 amide bonds. The highest BCUT2D eigenvalue weighted by atomic mass is 32.2. The zero-order chi connectivity index (χ0) is 11.3. The SMILES string of the molecule is CS(=O)(=O)CCCC(CC1CCC1)NN. The third-order valence-electron chi connectivity index (χ3n) is 3.15. The van der Waals surface area contributed by atoms with E-state index >= 15 is 0 Å². The molecular formula is C10H22N2O2S. The van der Waals surface area contributed by atoms with Gasteiger partial charge in [-0.2, -0.15) is 0 Å². The maximum absolute atomic E-state index is 10.9. The van der Waals surface area contributed by atoms with Crippen LogP contribution in [0.5, 0.6) is 0 Å². The van der Waals surface area contributed by atoms with E-state index in [9.17, 15) is 8.42 Å². The van der Waals surface area contributed by atoms with Crippen LogP contribution in [-0.4, -0.2) is 26.5 Å². The molecule has 1 fully saturated rings. The second kappa shape index (κ2) is 5.82. The van der Waals surface area contributed by atoms with Gasteiger partial charge in [0.25, 0.3) is 0 Å². The van der Waals surface area contributed by atoms with Gasteiger partial charge in [-0.15, -0.1) is 0 Å². The lowest BCUT2D eigenvalue weighted by atomic mass is 9.80. The Morgan fingerprint density at radius 3 is 2.53 bits per heavy atom. The molecule has 3 N–H and O–H groups in total. The number of nitrogens with one attached hydrogen (secondary N) is 1. The highest BCUT2D eigenvalue weighted by Crippen LogP contribution is 2.31. The Kier molecular flexibility index (Phi) is 5.02. The lowest BCUT2D eigenvalue weighted by Gasteiger charge is -2.29. The smallest absolute Gasteiger partial charge is 0.147 e. The van der Waals surface area contributed by atoms with Gasteiger partial charge in [0.2, 0.25) is 0 Å². The molecule has 1 saturated carbocycles. The highest BCUT2D eigenvalue weighted by Gasteiger charge is 2.21. The first-order valence-corrected chi connectivity index (χ1v) is 7.71. The standard InChI is InChI=1S/C10H22N2O2S/c1-15(13,14)7-3-6-10(12-11)8-9-4-2-5-9/h9-10,12H,2-8,11H2,1H3. The third-order valence-corrected chi connectivity index (χ3v) is 4.18. The Morgan fingerprint density at radius 1 is 1.47 bits per heavy atom. The summed E-state index contributed by atoms with van der Waals surface area (Å²) in [5, 5.41) is 0. The van der Waals surface area contributed by atoms with E-state index in [1.54, 1.807) is 0 Å². The predicted octanol–water partition coefficient (Wildman–Crippen LogP) is 0.833. The minimum Gasteiger partial charge on any atom is -0.271 e. The molecule has 0 aliphatic heterocycles. The molecule has 90 valence electrons. The Labute approximate surface area is 92.5 Å². The van der Waals surface area contributed by atoms with Crippen molar-refractivity contribution in [3.8, 4) is 0 Å². The Bertz CT molecular complexity index is 273. The maximum atomic E-state index is 10.9. The Hall–Kier alpha value is -0.130. The molecule has 0 saturated heterocycles. The molecule has 5 heteroatoms. The first-order chi connectivity index (χ1) is 7.01. The average molecular weight is 234 g/mol. The minimum atomic E-state index is -2.82. The van der Waals surface area contributed by atoms with Crippen LogP contribution in [-0.2, 0) is 9.84 Å². The van der Waals surface area contributed by atoms with Crippen molar-refractivity contribution in [3.63, 3.8) is 0 Å². The number of sulfone groups is 1. The largest absolute Gasteiger partial charge is 0.271 e. The predicted molar refractivity (Wildman–Crippen MR) is 62.0 cm³/mol. The summed E-state index contributed by atoms with van der Waals surface area (Å²) in [5.41, 5.74) is 2.79. The van der Waals surface area contributed by atoms with E-state index in [2.05, 4.69) is 5.43 Å². The second-order valence-corrected chi connectivity index (χ2v) is 6.93. The average Bonchev–Trinajstić information content (AvgIpc) is 2.05. The van der Waals surface area contributed by atoms with E-state index in [-0.39, 0.29) is 11.8 Å². The van der Waals surface area contributed by atoms with Gasteiger partial charge in [-0.3, -0.25) is 11.3 Å². The van der Waals surface area contributed by atoms with E-state index in [0.717, 1.165) is 18.8 Å². The van der Waals surface area contributed by atoms with E-state index in [4.69, 9.17) is 5.84 Å². The van der Waals surface area contributed by atoms with Crippen molar-refractivity contribution in [2.75, 3.05) is 12.0 Å². The quantitative estimate of drug-likeness (QED) is 0.505. The zero-order valence-corrected chi connectivity index (χ0v) is 10.2. The number of hydrogen-bond donors (Lipinski definition) is 2. The second-order valence-electron chi connectivity index (χ2n) is 4.67. The summed E-state index contributed by atoms with van der Waals surface area (Å²) in [7, 11) is -2.82. The van der Waals surface area contributed by atoms with Crippen LogP contribution in [0.1, 0.15) is 38.5 Å². The highest BCUT2D eigenvalue weighted by molar-refractivity contribution is 7.90. The lowest BCUT2D eigenvalue weighted by Crippen LogP contribution is -2.37. The summed E-state index contributed by atoms with van der Waals surface area (Å²) in [5.74, 6) is 6.53. The van der Waals surface area contributed by atoms with Gasteiger partial charge in [0.05, 0.1) is 0 Å². The van der Waals surface area contributed by atoms with E-state index < -0.39 is 9.84 Å². The molecule has 1 atom stereocenters. The van der Waals surface area contributed by atoms with Crippen LogP contribution in [0.25, 0.3) is 0 Å². The molecule has 0 heterocycles. The normalized spacial score (nSPS) is 19.9. The van der Waals surface area contributed by atoms with Gasteiger partial charge in [-0.25, -0.2) is 8.42 Å². The molecule has 1 unspecified atom stereocenters. The summed E-state index contributed by atoms with van der Waals surface area (Å²) in [6.07, 6.45) is 7.91. The monoisotopic (exact) mass is 234 g/mol. The first-order valence-electron chi connectivity index (χ1n) is 5.65. The molecule has 1 aliphatic carbocycles. The van der Waals surface area contributed by atoms with Crippen molar-refractivity contribution in [3.05, 3.63) is 0 Å². The Morgan fingerprint density at radius 2 is 2.13 bits per heavy atom. The van der Waals surface area contributed by atoms with Crippen LogP contribution in [0.2, 0.25) is 0 Å². The van der Waals surface area contributed by atoms with Gasteiger partial charge in [0.1, 0.15) is 9.84 Å². The van der Waals surface area contributed by atoms with Crippen LogP contribution in [0.15, 0.2) is 0 Å². The van der Waals surface area contributed by atoms with E-state index in [0.29, 0.717) is 6.42 Å². The van der Waals surface area contributed by atoms with Crippen LogP contribution in [0, 0.1) is 5.92 Å². The summed E-state index contributed by atoms with van der Waals surface area (Å²) >= 11 is 0. The van der Waals surface area contributed by atoms with Gasteiger partial charge in [-0.1, -0.05) is 19.3 Å². The third kappa shape index (κ3) is 5.49. The summed E-state index contributed by atoms with van der Waals surface area (Å²) < 4.78 is 21.9. The van der Waals surface area contributed by atoms with E-state index in [1.165, 1.54) is 25.5 Å². The molecule has 0 aromatic rings. The molecule has 0 aromatic carbocycles. The van der Waals surface area contributed by atoms with Gasteiger partial charge in [-0.05, 0) is 25.2 Å². The molecular weight excluding hydrogens is 212 g/mol. The lowest BCUT2D eigenvalue weighted by molar-refractivity contribution is 0.254. The van der Waals surface area contributed by atoms with Gasteiger partial charge in [0.15, 0.2) is 0 Å². The zero-order valence-electron chi connectivity index (χ0n) is 9.41. The van der Waals surface area contributed by atoms with Crippen LogP contribution in [0.3, 0.4) is 0 Å². The molecule has 1 aliphatic rings. The molecule has 0 spiro atoms. The van der Waals surface area contributed by atoms with Crippen molar-refractivity contribution in [1.82, 2.24) is 5.43 Å². The molecule has 0 radical (unpaired) electrons. The molecule has 4 nitrogen and oxygen atoms in total. The number of hydrazine groups is 1. The maximum Gasteiger partial charge on any atom is 0.147 e. The summed E-state index contributed by atoms with van der Waals surface area (Å²) in [6, 6.07) is 0.289. The topological polar surface area (TPSA) is 72.2 Å². The fourth-order valence-electron chi connectivity index (χ4n) is 1.99. The van der Waals surface area contributed by atoms with Crippen LogP contribution < -0.4 is 11.3 Å². The van der Waals surface area contributed by atoms with Crippen LogP contribution >= 0.6 is 0 Å². The number of nitrogens with two attached hydrogens (primary N) is 1. The van der Waals surface area contributed by atoms with Crippen molar-refractivity contribution in [2.45, 2.75) is 44.6 Å².